The van der Waals surface area contributed by atoms with Gasteiger partial charge >= 0.3 is 5.97 Å². The SMILES string of the molecule is CCCCCCCC(=O)O/C=C\C=C\COCc1ccccc1. The lowest BCUT2D eigenvalue weighted by Gasteiger charge is -2.00. The largest absolute Gasteiger partial charge is 0.434 e. The van der Waals surface area contributed by atoms with Crippen molar-refractivity contribution in [3.8, 4) is 0 Å². The van der Waals surface area contributed by atoms with Crippen LogP contribution in [-0.4, -0.2) is 12.6 Å². The van der Waals surface area contributed by atoms with Crippen molar-refractivity contribution in [2.75, 3.05) is 6.61 Å². The van der Waals surface area contributed by atoms with Gasteiger partial charge in [-0.25, -0.2) is 0 Å². The van der Waals surface area contributed by atoms with E-state index in [1.807, 2.05) is 42.5 Å². The van der Waals surface area contributed by atoms with Crippen molar-refractivity contribution in [3.05, 3.63) is 60.4 Å². The number of allylic oxidation sites excluding steroid dienone is 2. The monoisotopic (exact) mass is 316 g/mol. The summed E-state index contributed by atoms with van der Waals surface area (Å²) in [5.41, 5.74) is 1.16. The fourth-order valence-electron chi connectivity index (χ4n) is 2.05. The first-order valence-corrected chi connectivity index (χ1v) is 8.45. The van der Waals surface area contributed by atoms with Gasteiger partial charge in [-0.15, -0.1) is 0 Å². The summed E-state index contributed by atoms with van der Waals surface area (Å²) in [6, 6.07) is 10.0. The van der Waals surface area contributed by atoms with Crippen molar-refractivity contribution in [1.82, 2.24) is 0 Å². The highest BCUT2D eigenvalue weighted by Crippen LogP contribution is 2.05. The van der Waals surface area contributed by atoms with Crippen molar-refractivity contribution in [3.63, 3.8) is 0 Å². The second kappa shape index (κ2) is 13.8. The highest BCUT2D eigenvalue weighted by molar-refractivity contribution is 5.69. The Morgan fingerprint density at radius 3 is 2.61 bits per heavy atom. The molecule has 0 aliphatic heterocycles. The quantitative estimate of drug-likeness (QED) is 0.231. The minimum Gasteiger partial charge on any atom is -0.434 e. The van der Waals surface area contributed by atoms with Gasteiger partial charge in [0.25, 0.3) is 0 Å². The van der Waals surface area contributed by atoms with Crippen LogP contribution in [0.3, 0.4) is 0 Å². The van der Waals surface area contributed by atoms with E-state index in [0.29, 0.717) is 19.6 Å². The summed E-state index contributed by atoms with van der Waals surface area (Å²) in [7, 11) is 0. The van der Waals surface area contributed by atoms with Crippen LogP contribution in [0.4, 0.5) is 0 Å². The van der Waals surface area contributed by atoms with Gasteiger partial charge in [0, 0.05) is 6.42 Å². The number of benzene rings is 1. The normalized spacial score (nSPS) is 11.3. The molecule has 0 bridgehead atoms. The molecule has 0 saturated heterocycles. The number of carbonyl (C=O) groups excluding carboxylic acids is 1. The second-order valence-corrected chi connectivity index (χ2v) is 5.41. The van der Waals surface area contributed by atoms with E-state index in [2.05, 4.69) is 6.92 Å². The zero-order chi connectivity index (χ0) is 16.6. The van der Waals surface area contributed by atoms with Crippen LogP contribution in [0.25, 0.3) is 0 Å². The van der Waals surface area contributed by atoms with Crippen LogP contribution < -0.4 is 0 Å². The number of hydrogen-bond acceptors (Lipinski definition) is 3. The molecule has 0 fully saturated rings. The zero-order valence-corrected chi connectivity index (χ0v) is 14.1. The molecule has 0 unspecified atom stereocenters. The lowest BCUT2D eigenvalue weighted by atomic mass is 10.1. The summed E-state index contributed by atoms with van der Waals surface area (Å²) in [6.07, 6.45) is 13.0. The molecule has 0 aromatic heterocycles. The van der Waals surface area contributed by atoms with Gasteiger partial charge in [0.15, 0.2) is 0 Å². The molecule has 1 aromatic carbocycles. The highest BCUT2D eigenvalue weighted by atomic mass is 16.5. The minimum absolute atomic E-state index is 0.161. The Morgan fingerprint density at radius 2 is 1.83 bits per heavy atom. The number of esters is 1. The standard InChI is InChI=1S/C20H28O3/c1-2-3-4-5-10-15-20(21)23-17-12-7-11-16-22-18-19-13-8-6-9-14-19/h6-9,11-14,17H,2-5,10,15-16,18H2,1H3/b11-7+,17-12-. The van der Waals surface area contributed by atoms with Crippen molar-refractivity contribution in [2.45, 2.75) is 52.1 Å². The fourth-order valence-corrected chi connectivity index (χ4v) is 2.05. The van der Waals surface area contributed by atoms with E-state index in [1.54, 1.807) is 6.08 Å². The first-order chi connectivity index (χ1) is 11.3. The molecule has 0 N–H and O–H groups in total. The predicted octanol–water partition coefficient (Wildman–Crippen LogP) is 5.18. The molecule has 1 aromatic rings. The van der Waals surface area contributed by atoms with Gasteiger partial charge in [-0.3, -0.25) is 4.79 Å². The number of hydrogen-bond donors (Lipinski definition) is 0. The van der Waals surface area contributed by atoms with E-state index in [0.717, 1.165) is 18.4 Å². The summed E-state index contributed by atoms with van der Waals surface area (Å²) in [4.78, 5) is 11.4. The van der Waals surface area contributed by atoms with Crippen molar-refractivity contribution in [1.29, 1.82) is 0 Å². The van der Waals surface area contributed by atoms with Gasteiger partial charge in [-0.05, 0) is 18.1 Å². The zero-order valence-electron chi connectivity index (χ0n) is 14.1. The average molecular weight is 316 g/mol. The molecule has 3 heteroatoms. The van der Waals surface area contributed by atoms with E-state index in [-0.39, 0.29) is 5.97 Å². The Hall–Kier alpha value is -1.87. The van der Waals surface area contributed by atoms with Crippen LogP contribution in [0.1, 0.15) is 51.0 Å². The van der Waals surface area contributed by atoms with Gasteiger partial charge in [0.05, 0.1) is 19.5 Å². The predicted molar refractivity (Wildman–Crippen MR) is 93.8 cm³/mol. The lowest BCUT2D eigenvalue weighted by Crippen LogP contribution is -1.98. The topological polar surface area (TPSA) is 35.5 Å². The van der Waals surface area contributed by atoms with Gasteiger partial charge in [0.1, 0.15) is 0 Å². The lowest BCUT2D eigenvalue weighted by molar-refractivity contribution is -0.138. The van der Waals surface area contributed by atoms with Gasteiger partial charge in [-0.2, -0.15) is 0 Å². The molecule has 0 radical (unpaired) electrons. The number of carbonyl (C=O) groups is 1. The molecule has 126 valence electrons. The van der Waals surface area contributed by atoms with E-state index >= 15 is 0 Å². The van der Waals surface area contributed by atoms with Gasteiger partial charge in [0.2, 0.25) is 0 Å². The molecule has 0 aliphatic carbocycles. The Bertz CT molecular complexity index is 463. The first kappa shape index (κ1) is 19.2. The van der Waals surface area contributed by atoms with Crippen LogP contribution in [0.2, 0.25) is 0 Å². The van der Waals surface area contributed by atoms with Crippen LogP contribution in [-0.2, 0) is 20.9 Å². The average Bonchev–Trinajstić information content (AvgIpc) is 2.58. The maximum atomic E-state index is 11.4. The molecular weight excluding hydrogens is 288 g/mol. The van der Waals surface area contributed by atoms with E-state index in [4.69, 9.17) is 9.47 Å². The van der Waals surface area contributed by atoms with E-state index in [1.165, 1.54) is 25.5 Å². The van der Waals surface area contributed by atoms with E-state index < -0.39 is 0 Å². The molecular formula is C20H28O3. The van der Waals surface area contributed by atoms with Crippen molar-refractivity contribution < 1.29 is 14.3 Å². The maximum absolute atomic E-state index is 11.4. The second-order valence-electron chi connectivity index (χ2n) is 5.41. The van der Waals surface area contributed by atoms with Crippen molar-refractivity contribution >= 4 is 5.97 Å². The molecule has 0 heterocycles. The summed E-state index contributed by atoms with van der Waals surface area (Å²) < 4.78 is 10.5. The summed E-state index contributed by atoms with van der Waals surface area (Å²) in [5.74, 6) is -0.161. The fraction of sp³-hybridized carbons (Fsp3) is 0.450. The summed E-state index contributed by atoms with van der Waals surface area (Å²) in [5, 5.41) is 0. The summed E-state index contributed by atoms with van der Waals surface area (Å²) >= 11 is 0. The van der Waals surface area contributed by atoms with E-state index in [9.17, 15) is 4.79 Å². The third-order valence-electron chi connectivity index (χ3n) is 3.34. The maximum Gasteiger partial charge on any atom is 0.310 e. The van der Waals surface area contributed by atoms with Crippen LogP contribution in [0.15, 0.2) is 54.8 Å². The number of unbranched alkanes of at least 4 members (excludes halogenated alkanes) is 4. The molecule has 0 amide bonds. The third-order valence-corrected chi connectivity index (χ3v) is 3.34. The Balaban J connectivity index is 1.99. The molecule has 0 atom stereocenters. The van der Waals surface area contributed by atoms with Gasteiger partial charge in [-0.1, -0.05) is 75.1 Å². The van der Waals surface area contributed by atoms with Crippen LogP contribution in [0.5, 0.6) is 0 Å². The third kappa shape index (κ3) is 11.4. The molecule has 0 spiro atoms. The molecule has 23 heavy (non-hydrogen) atoms. The Labute approximate surface area is 140 Å². The molecule has 0 aliphatic rings. The van der Waals surface area contributed by atoms with Crippen LogP contribution >= 0.6 is 0 Å². The van der Waals surface area contributed by atoms with Crippen LogP contribution in [0, 0.1) is 0 Å². The number of rotatable bonds is 12. The Morgan fingerprint density at radius 1 is 1.04 bits per heavy atom. The minimum atomic E-state index is -0.161. The first-order valence-electron chi connectivity index (χ1n) is 8.45. The van der Waals surface area contributed by atoms with Gasteiger partial charge < -0.3 is 9.47 Å². The summed E-state index contributed by atoms with van der Waals surface area (Å²) in [6.45, 7) is 3.31. The molecule has 3 nitrogen and oxygen atoms in total. The van der Waals surface area contributed by atoms with Crippen molar-refractivity contribution in [2.24, 2.45) is 0 Å². The number of ether oxygens (including phenoxy) is 2. The smallest absolute Gasteiger partial charge is 0.310 e. The molecule has 0 saturated carbocycles. The molecule has 1 rings (SSSR count). The Kier molecular flexibility index (Phi) is 11.5. The highest BCUT2D eigenvalue weighted by Gasteiger charge is 1.99.